The summed E-state index contributed by atoms with van der Waals surface area (Å²) in [5.41, 5.74) is 0.712. The first-order valence-corrected chi connectivity index (χ1v) is 8.38. The maximum Gasteiger partial charge on any atom is 0.360 e. The van der Waals surface area contributed by atoms with Gasteiger partial charge in [0.05, 0.1) is 18.5 Å². The molecule has 0 aliphatic heterocycles. The minimum Gasteiger partial charge on any atom is -0.461 e. The molecule has 26 heavy (non-hydrogen) atoms. The van der Waals surface area contributed by atoms with Crippen LogP contribution in [0.25, 0.3) is 11.8 Å². The van der Waals surface area contributed by atoms with E-state index < -0.39 is 17.5 Å². The lowest BCUT2D eigenvalue weighted by Crippen LogP contribution is -2.22. The van der Waals surface area contributed by atoms with Crippen LogP contribution in [-0.2, 0) is 14.3 Å². The average Bonchev–Trinajstić information content (AvgIpc) is 3.01. The second-order valence-corrected chi connectivity index (χ2v) is 6.78. The van der Waals surface area contributed by atoms with Gasteiger partial charge in [-0.2, -0.15) is 0 Å². The van der Waals surface area contributed by atoms with Gasteiger partial charge in [0.25, 0.3) is 0 Å². The molecule has 0 bridgehead atoms. The smallest absolute Gasteiger partial charge is 0.360 e. The first-order valence-electron chi connectivity index (χ1n) is 8.00. The number of hydrogen-bond donors (Lipinski definition) is 0. The van der Waals surface area contributed by atoms with E-state index in [4.69, 9.17) is 21.1 Å². The summed E-state index contributed by atoms with van der Waals surface area (Å²) >= 11 is 6.05. The largest absolute Gasteiger partial charge is 0.461 e. The Bertz CT molecular complexity index is 837. The molecule has 7 nitrogen and oxygen atoms in total. The summed E-state index contributed by atoms with van der Waals surface area (Å²) in [7, 11) is 0. The molecule has 0 aliphatic carbocycles. The SMILES string of the molecule is CCOC(=O)c1cn(-c2ccc(Cl)cc2C=CC(=O)OC(C)(C)C)nn1. The molecule has 8 heteroatoms. The van der Waals surface area contributed by atoms with Gasteiger partial charge in [0.2, 0.25) is 0 Å². The summed E-state index contributed by atoms with van der Waals surface area (Å²) in [6, 6.07) is 5.05. The van der Waals surface area contributed by atoms with Gasteiger partial charge in [-0.1, -0.05) is 16.8 Å². The molecular weight excluding hydrogens is 358 g/mol. The Morgan fingerprint density at radius 3 is 2.69 bits per heavy atom. The van der Waals surface area contributed by atoms with Gasteiger partial charge in [-0.25, -0.2) is 14.3 Å². The van der Waals surface area contributed by atoms with Gasteiger partial charge in [-0.05, 0) is 52.0 Å². The van der Waals surface area contributed by atoms with E-state index in [0.717, 1.165) is 0 Å². The third kappa shape index (κ3) is 5.42. The Morgan fingerprint density at radius 2 is 2.04 bits per heavy atom. The number of carbonyl (C=O) groups excluding carboxylic acids is 2. The Balaban J connectivity index is 2.31. The zero-order chi connectivity index (χ0) is 19.3. The molecule has 0 aliphatic rings. The van der Waals surface area contributed by atoms with Crippen molar-refractivity contribution >= 4 is 29.6 Å². The van der Waals surface area contributed by atoms with Crippen LogP contribution in [0.3, 0.4) is 0 Å². The number of aromatic nitrogens is 3. The average molecular weight is 378 g/mol. The summed E-state index contributed by atoms with van der Waals surface area (Å²) in [4.78, 5) is 23.6. The van der Waals surface area contributed by atoms with Gasteiger partial charge in [-0.15, -0.1) is 5.10 Å². The van der Waals surface area contributed by atoms with E-state index in [2.05, 4.69) is 10.3 Å². The predicted octanol–water partition coefficient (Wildman–Crippen LogP) is 3.45. The van der Waals surface area contributed by atoms with Crippen molar-refractivity contribution in [3.8, 4) is 5.69 Å². The number of ether oxygens (including phenoxy) is 2. The van der Waals surface area contributed by atoms with Crippen LogP contribution in [0.2, 0.25) is 5.02 Å². The molecule has 0 N–H and O–H groups in total. The Labute approximate surface area is 156 Å². The van der Waals surface area contributed by atoms with Gasteiger partial charge in [0, 0.05) is 16.7 Å². The lowest BCUT2D eigenvalue weighted by molar-refractivity contribution is -0.148. The van der Waals surface area contributed by atoms with Crippen LogP contribution in [0.5, 0.6) is 0 Å². The molecule has 0 radical (unpaired) electrons. The van der Waals surface area contributed by atoms with Gasteiger partial charge in [0.1, 0.15) is 5.60 Å². The molecule has 0 fully saturated rings. The lowest BCUT2D eigenvalue weighted by atomic mass is 10.1. The molecule has 1 heterocycles. The van der Waals surface area contributed by atoms with Gasteiger partial charge >= 0.3 is 11.9 Å². The normalized spacial score (nSPS) is 11.6. The fraction of sp³-hybridized carbons (Fsp3) is 0.333. The number of hydrogen-bond acceptors (Lipinski definition) is 6. The van der Waals surface area contributed by atoms with E-state index in [1.54, 1.807) is 52.0 Å². The van der Waals surface area contributed by atoms with Gasteiger partial charge in [0.15, 0.2) is 5.69 Å². The molecule has 0 saturated carbocycles. The summed E-state index contributed by atoms with van der Waals surface area (Å²) in [6.07, 6.45) is 4.33. The second kappa shape index (κ2) is 8.14. The van der Waals surface area contributed by atoms with Crippen LogP contribution < -0.4 is 0 Å². The van der Waals surface area contributed by atoms with Crippen LogP contribution in [0.4, 0.5) is 0 Å². The molecule has 2 rings (SSSR count). The Kier molecular flexibility index (Phi) is 6.15. The highest BCUT2D eigenvalue weighted by molar-refractivity contribution is 6.30. The van der Waals surface area contributed by atoms with Crippen molar-refractivity contribution < 1.29 is 19.1 Å². The van der Waals surface area contributed by atoms with Crippen LogP contribution in [0.15, 0.2) is 30.5 Å². The molecule has 2 aromatic rings. The minimum atomic E-state index is -0.584. The summed E-state index contributed by atoms with van der Waals surface area (Å²) in [6.45, 7) is 7.32. The summed E-state index contributed by atoms with van der Waals surface area (Å²) in [5, 5.41) is 8.24. The second-order valence-electron chi connectivity index (χ2n) is 6.34. The fourth-order valence-electron chi connectivity index (χ4n) is 2.04. The number of nitrogens with zero attached hydrogens (tertiary/aromatic N) is 3. The van der Waals surface area contributed by atoms with Crippen LogP contribution in [-0.4, -0.2) is 39.1 Å². The van der Waals surface area contributed by atoms with Crippen molar-refractivity contribution in [1.29, 1.82) is 0 Å². The maximum atomic E-state index is 11.9. The quantitative estimate of drug-likeness (QED) is 0.586. The van der Waals surface area contributed by atoms with Crippen LogP contribution in [0.1, 0.15) is 43.7 Å². The molecule has 138 valence electrons. The van der Waals surface area contributed by atoms with E-state index in [0.29, 0.717) is 16.3 Å². The van der Waals surface area contributed by atoms with Crippen molar-refractivity contribution in [2.45, 2.75) is 33.3 Å². The number of esters is 2. The van der Waals surface area contributed by atoms with Gasteiger partial charge in [-0.3, -0.25) is 0 Å². The Hall–Kier alpha value is -2.67. The molecule has 0 atom stereocenters. The first kappa shape index (κ1) is 19.7. The fourth-order valence-corrected chi connectivity index (χ4v) is 2.22. The highest BCUT2D eigenvalue weighted by Gasteiger charge is 2.15. The highest BCUT2D eigenvalue weighted by atomic mass is 35.5. The molecular formula is C18H20ClN3O4. The van der Waals surface area contributed by atoms with Crippen molar-refractivity contribution in [1.82, 2.24) is 15.0 Å². The Morgan fingerprint density at radius 1 is 1.31 bits per heavy atom. The monoisotopic (exact) mass is 377 g/mol. The number of rotatable bonds is 5. The zero-order valence-corrected chi connectivity index (χ0v) is 15.8. The van der Waals surface area contributed by atoms with Crippen LogP contribution in [0, 0.1) is 0 Å². The van der Waals surface area contributed by atoms with E-state index in [1.165, 1.54) is 17.0 Å². The number of carbonyl (C=O) groups is 2. The maximum absolute atomic E-state index is 11.9. The van der Waals surface area contributed by atoms with E-state index in [-0.39, 0.29) is 12.3 Å². The summed E-state index contributed by atoms with van der Waals surface area (Å²) in [5.74, 6) is -1.03. The van der Waals surface area contributed by atoms with Crippen molar-refractivity contribution in [2.75, 3.05) is 6.61 Å². The number of benzene rings is 1. The first-order chi connectivity index (χ1) is 12.2. The summed E-state index contributed by atoms with van der Waals surface area (Å²) < 4.78 is 11.6. The molecule has 0 spiro atoms. The third-order valence-corrected chi connectivity index (χ3v) is 3.26. The highest BCUT2D eigenvalue weighted by Crippen LogP contribution is 2.21. The molecule has 0 unspecified atom stereocenters. The van der Waals surface area contributed by atoms with E-state index in [1.807, 2.05) is 0 Å². The standard InChI is InChI=1S/C18H20ClN3O4/c1-5-25-17(24)14-11-22(21-20-14)15-8-7-13(19)10-12(15)6-9-16(23)26-18(2,3)4/h6-11H,5H2,1-4H3. The predicted molar refractivity (Wildman–Crippen MR) is 97.2 cm³/mol. The lowest BCUT2D eigenvalue weighted by Gasteiger charge is -2.18. The van der Waals surface area contributed by atoms with Crippen molar-refractivity contribution in [2.24, 2.45) is 0 Å². The van der Waals surface area contributed by atoms with E-state index in [9.17, 15) is 9.59 Å². The molecule has 1 aromatic carbocycles. The molecule has 1 aromatic heterocycles. The molecule has 0 saturated heterocycles. The third-order valence-electron chi connectivity index (χ3n) is 3.02. The molecule has 0 amide bonds. The topological polar surface area (TPSA) is 83.3 Å². The number of halogens is 1. The van der Waals surface area contributed by atoms with Crippen LogP contribution >= 0.6 is 11.6 Å². The zero-order valence-electron chi connectivity index (χ0n) is 15.0. The van der Waals surface area contributed by atoms with E-state index >= 15 is 0 Å². The van der Waals surface area contributed by atoms with Crippen molar-refractivity contribution in [3.63, 3.8) is 0 Å². The van der Waals surface area contributed by atoms with Crippen molar-refractivity contribution in [3.05, 3.63) is 46.8 Å². The van der Waals surface area contributed by atoms with Gasteiger partial charge < -0.3 is 9.47 Å². The minimum absolute atomic E-state index is 0.0869.